The van der Waals surface area contributed by atoms with Crippen LogP contribution in [0.4, 0.5) is 0 Å². The molecule has 0 aromatic heterocycles. The van der Waals surface area contributed by atoms with Gasteiger partial charge in [-0.2, -0.15) is 0 Å². The van der Waals surface area contributed by atoms with Gasteiger partial charge in [0.1, 0.15) is 0 Å². The highest BCUT2D eigenvalue weighted by atomic mass is 32.2. The normalized spacial score (nSPS) is 18.6. The predicted octanol–water partition coefficient (Wildman–Crippen LogP) is 0.765. The number of hydrogen-bond donors (Lipinski definition) is 2. The van der Waals surface area contributed by atoms with Gasteiger partial charge in [0, 0.05) is 19.0 Å². The quantitative estimate of drug-likeness (QED) is 0.718. The van der Waals surface area contributed by atoms with Crippen LogP contribution < -0.4 is 10.0 Å². The highest BCUT2D eigenvalue weighted by molar-refractivity contribution is 7.88. The molecule has 0 radical (unpaired) electrons. The number of amides is 1. The van der Waals surface area contributed by atoms with Crippen molar-refractivity contribution < 1.29 is 13.2 Å². The van der Waals surface area contributed by atoms with E-state index in [4.69, 9.17) is 0 Å². The summed E-state index contributed by atoms with van der Waals surface area (Å²) in [6.07, 6.45) is 8.25. The van der Waals surface area contributed by atoms with E-state index in [2.05, 4.69) is 10.0 Å². The van der Waals surface area contributed by atoms with Crippen LogP contribution in [0.2, 0.25) is 0 Å². The van der Waals surface area contributed by atoms with Crippen LogP contribution in [0.1, 0.15) is 44.9 Å². The Morgan fingerprint density at radius 1 is 1.18 bits per heavy atom. The van der Waals surface area contributed by atoms with Gasteiger partial charge in [-0.15, -0.1) is 0 Å². The molecule has 100 valence electrons. The molecule has 1 aliphatic carbocycles. The molecule has 0 aromatic carbocycles. The number of carbonyl (C=O) groups excluding carboxylic acids is 1. The Labute approximate surface area is 103 Å². The lowest BCUT2D eigenvalue weighted by Crippen LogP contribution is -2.36. The molecule has 6 heteroatoms. The Morgan fingerprint density at radius 3 is 2.29 bits per heavy atom. The van der Waals surface area contributed by atoms with Crippen LogP contribution in [0.25, 0.3) is 0 Å². The molecule has 5 nitrogen and oxygen atoms in total. The molecule has 0 heterocycles. The minimum Gasteiger partial charge on any atom is -0.353 e. The first-order chi connectivity index (χ1) is 7.97. The van der Waals surface area contributed by atoms with Crippen LogP contribution in [-0.4, -0.2) is 33.2 Å². The fraction of sp³-hybridized carbons (Fsp3) is 0.909. The van der Waals surface area contributed by atoms with Gasteiger partial charge in [0.05, 0.1) is 6.26 Å². The maximum absolute atomic E-state index is 11.6. The molecule has 0 unspecified atom stereocenters. The van der Waals surface area contributed by atoms with Crippen LogP contribution in [-0.2, 0) is 14.8 Å². The van der Waals surface area contributed by atoms with Crippen LogP contribution in [0.3, 0.4) is 0 Å². The Hall–Kier alpha value is -0.620. The highest BCUT2D eigenvalue weighted by Gasteiger charge is 2.14. The molecular formula is C11H22N2O3S. The van der Waals surface area contributed by atoms with Gasteiger partial charge in [-0.3, -0.25) is 4.79 Å². The van der Waals surface area contributed by atoms with Crippen molar-refractivity contribution in [2.45, 2.75) is 51.0 Å². The van der Waals surface area contributed by atoms with Crippen molar-refractivity contribution in [3.05, 3.63) is 0 Å². The molecular weight excluding hydrogens is 240 g/mol. The molecule has 0 bridgehead atoms. The van der Waals surface area contributed by atoms with Crippen molar-refractivity contribution in [3.8, 4) is 0 Å². The zero-order valence-corrected chi connectivity index (χ0v) is 11.2. The zero-order chi connectivity index (χ0) is 12.7. The Balaban J connectivity index is 2.19. The lowest BCUT2D eigenvalue weighted by Gasteiger charge is -2.16. The highest BCUT2D eigenvalue weighted by Crippen LogP contribution is 2.17. The lowest BCUT2D eigenvalue weighted by molar-refractivity contribution is -0.121. The van der Waals surface area contributed by atoms with Gasteiger partial charge in [-0.25, -0.2) is 13.1 Å². The van der Waals surface area contributed by atoms with E-state index in [9.17, 15) is 13.2 Å². The second kappa shape index (κ2) is 6.96. The summed E-state index contributed by atoms with van der Waals surface area (Å²) in [5.74, 6) is -0.0620. The van der Waals surface area contributed by atoms with Crippen molar-refractivity contribution in [3.63, 3.8) is 0 Å². The van der Waals surface area contributed by atoms with Gasteiger partial charge < -0.3 is 5.32 Å². The molecule has 0 saturated heterocycles. The molecule has 1 rings (SSSR count). The smallest absolute Gasteiger partial charge is 0.221 e. The van der Waals surface area contributed by atoms with Gasteiger partial charge in [0.15, 0.2) is 0 Å². The van der Waals surface area contributed by atoms with Crippen LogP contribution in [0.15, 0.2) is 0 Å². The van der Waals surface area contributed by atoms with Gasteiger partial charge in [0.25, 0.3) is 0 Å². The number of sulfonamides is 1. The molecule has 2 N–H and O–H groups in total. The first-order valence-electron chi connectivity index (χ1n) is 6.21. The summed E-state index contributed by atoms with van der Waals surface area (Å²) >= 11 is 0. The summed E-state index contributed by atoms with van der Waals surface area (Å²) in [4.78, 5) is 11.6. The van der Waals surface area contributed by atoms with Crippen LogP contribution in [0.5, 0.6) is 0 Å². The summed E-state index contributed by atoms with van der Waals surface area (Å²) < 4.78 is 23.9. The largest absolute Gasteiger partial charge is 0.353 e. The van der Waals surface area contributed by atoms with Gasteiger partial charge in [-0.1, -0.05) is 25.7 Å². The fourth-order valence-electron chi connectivity index (χ4n) is 2.07. The minimum absolute atomic E-state index is 0.0620. The van der Waals surface area contributed by atoms with Crippen LogP contribution >= 0.6 is 0 Å². The van der Waals surface area contributed by atoms with Crippen molar-refractivity contribution >= 4 is 15.9 Å². The Bertz CT molecular complexity index is 333. The monoisotopic (exact) mass is 262 g/mol. The van der Waals surface area contributed by atoms with E-state index in [1.165, 1.54) is 25.7 Å². The third-order valence-electron chi connectivity index (χ3n) is 2.94. The van der Waals surface area contributed by atoms with Crippen molar-refractivity contribution in [2.24, 2.45) is 0 Å². The predicted molar refractivity (Wildman–Crippen MR) is 67.1 cm³/mol. The van der Waals surface area contributed by atoms with E-state index >= 15 is 0 Å². The molecule has 1 amide bonds. The Kier molecular flexibility index (Phi) is 5.91. The number of rotatable bonds is 5. The van der Waals surface area contributed by atoms with E-state index in [0.717, 1.165) is 19.1 Å². The second-order valence-corrected chi connectivity index (χ2v) is 6.51. The molecule has 1 fully saturated rings. The van der Waals surface area contributed by atoms with E-state index in [0.29, 0.717) is 0 Å². The summed E-state index contributed by atoms with van der Waals surface area (Å²) in [7, 11) is -3.19. The van der Waals surface area contributed by atoms with E-state index in [1.54, 1.807) is 0 Å². The lowest BCUT2D eigenvalue weighted by atomic mass is 10.1. The summed E-state index contributed by atoms with van der Waals surface area (Å²) in [6, 6.07) is 0.281. The second-order valence-electron chi connectivity index (χ2n) is 4.67. The number of nitrogens with one attached hydrogen (secondary N) is 2. The van der Waals surface area contributed by atoms with E-state index in [1.807, 2.05) is 0 Å². The zero-order valence-electron chi connectivity index (χ0n) is 10.4. The average molecular weight is 262 g/mol. The first kappa shape index (κ1) is 14.4. The molecule has 0 atom stereocenters. The third kappa shape index (κ3) is 7.33. The Morgan fingerprint density at radius 2 is 1.76 bits per heavy atom. The molecule has 0 spiro atoms. The maximum Gasteiger partial charge on any atom is 0.221 e. The number of hydrogen-bond acceptors (Lipinski definition) is 3. The van der Waals surface area contributed by atoms with Crippen molar-refractivity contribution in [1.29, 1.82) is 0 Å². The van der Waals surface area contributed by atoms with Gasteiger partial charge in [0.2, 0.25) is 15.9 Å². The molecule has 1 saturated carbocycles. The maximum atomic E-state index is 11.6. The summed E-state index contributed by atoms with van der Waals surface area (Å²) in [5, 5.41) is 2.97. The fourth-order valence-corrected chi connectivity index (χ4v) is 2.55. The SMILES string of the molecule is CS(=O)(=O)NCCC(=O)NC1CCCCCC1. The molecule has 0 aliphatic heterocycles. The van der Waals surface area contributed by atoms with Crippen molar-refractivity contribution in [2.75, 3.05) is 12.8 Å². The minimum atomic E-state index is -3.19. The summed E-state index contributed by atoms with van der Waals surface area (Å²) in [6.45, 7) is 0.178. The van der Waals surface area contributed by atoms with Crippen molar-refractivity contribution in [1.82, 2.24) is 10.0 Å². The van der Waals surface area contributed by atoms with Crippen LogP contribution in [0, 0.1) is 0 Å². The standard InChI is InChI=1S/C11H22N2O3S/c1-17(15,16)12-9-8-11(14)13-10-6-4-2-3-5-7-10/h10,12H,2-9H2,1H3,(H,13,14). The summed E-state index contributed by atoms with van der Waals surface area (Å²) in [5.41, 5.74) is 0. The average Bonchev–Trinajstić information content (AvgIpc) is 2.44. The van der Waals surface area contributed by atoms with E-state index in [-0.39, 0.29) is 24.9 Å². The molecule has 1 aliphatic rings. The molecule has 0 aromatic rings. The van der Waals surface area contributed by atoms with Gasteiger partial charge in [-0.05, 0) is 12.8 Å². The van der Waals surface area contributed by atoms with Gasteiger partial charge >= 0.3 is 0 Å². The molecule has 17 heavy (non-hydrogen) atoms. The number of carbonyl (C=O) groups is 1. The third-order valence-corrected chi connectivity index (χ3v) is 3.67. The first-order valence-corrected chi connectivity index (χ1v) is 8.10. The topological polar surface area (TPSA) is 75.3 Å². The van der Waals surface area contributed by atoms with E-state index < -0.39 is 10.0 Å².